The van der Waals surface area contributed by atoms with Gasteiger partial charge in [-0.1, -0.05) is 0 Å². The van der Waals surface area contributed by atoms with Crippen molar-refractivity contribution in [2.75, 3.05) is 6.61 Å². The van der Waals surface area contributed by atoms with Gasteiger partial charge in [0.05, 0.1) is 12.7 Å². The smallest absolute Gasteiger partial charge is 0.276 e. The molecule has 116 valence electrons. The lowest BCUT2D eigenvalue weighted by molar-refractivity contribution is -0.130. The topological polar surface area (TPSA) is 124 Å². The zero-order valence-electron chi connectivity index (χ0n) is 11.9. The van der Waals surface area contributed by atoms with Gasteiger partial charge in [-0.3, -0.25) is 25.4 Å². The molecule has 0 unspecified atom stereocenters. The molecule has 0 aliphatic rings. The fourth-order valence-electron chi connectivity index (χ4n) is 1.43. The molecule has 10 nitrogen and oxygen atoms in total. The maximum absolute atomic E-state index is 11.5. The van der Waals surface area contributed by atoms with Gasteiger partial charge in [0.1, 0.15) is 12.1 Å². The number of hydrazine groups is 1. The minimum Gasteiger partial charge on any atom is -0.482 e. The normalized spacial score (nSPS) is 10.0. The molecule has 2 rings (SSSR count). The summed E-state index contributed by atoms with van der Waals surface area (Å²) in [5, 5.41) is 10.5. The molecule has 0 atom stereocenters. The minimum absolute atomic E-state index is 0.133. The van der Waals surface area contributed by atoms with Gasteiger partial charge >= 0.3 is 0 Å². The van der Waals surface area contributed by atoms with E-state index in [9.17, 15) is 9.59 Å². The number of aromatic nitrogens is 5. The molecule has 0 aromatic carbocycles. The number of hydrogen-bond acceptors (Lipinski definition) is 7. The second kappa shape index (κ2) is 7.67. The van der Waals surface area contributed by atoms with Gasteiger partial charge in [-0.05, 0) is 29.5 Å². The van der Waals surface area contributed by atoms with Crippen LogP contribution in [0, 0.1) is 6.92 Å². The van der Waals surface area contributed by atoms with E-state index in [0.717, 1.165) is 5.69 Å². The molecule has 2 heterocycles. The number of ether oxygens (including phenoxy) is 1. The number of nitrogens with zero attached hydrogens (tertiary/aromatic N) is 5. The van der Waals surface area contributed by atoms with Gasteiger partial charge in [-0.2, -0.15) is 0 Å². The standard InChI is InChI=1S/C12H15N7O3/c1-9-2-3-10(6-13-9)22-7-12(21)16-15-11(20)4-5-19-8-14-17-18-19/h2-3,6,8H,4-5,7H2,1H3,(H,15,20)(H,16,21). The van der Waals surface area contributed by atoms with Crippen molar-refractivity contribution < 1.29 is 14.3 Å². The number of tetrazole rings is 1. The van der Waals surface area contributed by atoms with Gasteiger partial charge in [0.25, 0.3) is 5.91 Å². The van der Waals surface area contributed by atoms with Crippen molar-refractivity contribution in [3.8, 4) is 5.75 Å². The number of rotatable bonds is 6. The molecule has 0 aliphatic carbocycles. The van der Waals surface area contributed by atoms with Crippen LogP contribution in [-0.2, 0) is 16.1 Å². The molecule has 0 saturated heterocycles. The molecule has 10 heteroatoms. The second-order valence-electron chi connectivity index (χ2n) is 4.34. The molecular weight excluding hydrogens is 290 g/mol. The quantitative estimate of drug-likeness (QED) is 0.655. The molecule has 2 aromatic heterocycles. The minimum atomic E-state index is -0.476. The van der Waals surface area contributed by atoms with Crippen molar-refractivity contribution in [3.63, 3.8) is 0 Å². The van der Waals surface area contributed by atoms with E-state index >= 15 is 0 Å². The zero-order chi connectivity index (χ0) is 15.8. The third-order valence-electron chi connectivity index (χ3n) is 2.55. The van der Waals surface area contributed by atoms with Gasteiger partial charge in [-0.25, -0.2) is 4.68 Å². The summed E-state index contributed by atoms with van der Waals surface area (Å²) in [5.41, 5.74) is 5.38. The molecular formula is C12H15N7O3. The summed E-state index contributed by atoms with van der Waals surface area (Å²) in [5.74, 6) is -0.358. The average Bonchev–Trinajstić information content (AvgIpc) is 3.04. The van der Waals surface area contributed by atoms with E-state index in [1.807, 2.05) is 6.92 Å². The third-order valence-corrected chi connectivity index (χ3v) is 2.55. The first-order valence-corrected chi connectivity index (χ1v) is 6.47. The van der Waals surface area contributed by atoms with Crippen LogP contribution in [0.1, 0.15) is 12.1 Å². The van der Waals surface area contributed by atoms with E-state index in [1.54, 1.807) is 12.1 Å². The average molecular weight is 305 g/mol. The number of hydrogen-bond donors (Lipinski definition) is 2. The van der Waals surface area contributed by atoms with Gasteiger partial charge < -0.3 is 4.74 Å². The van der Waals surface area contributed by atoms with Crippen molar-refractivity contribution in [1.29, 1.82) is 0 Å². The molecule has 2 N–H and O–H groups in total. The first-order valence-electron chi connectivity index (χ1n) is 6.47. The van der Waals surface area contributed by atoms with Crippen LogP contribution in [0.25, 0.3) is 0 Å². The van der Waals surface area contributed by atoms with Gasteiger partial charge in [-0.15, -0.1) is 5.10 Å². The van der Waals surface area contributed by atoms with E-state index in [-0.39, 0.29) is 18.9 Å². The Bertz CT molecular complexity index is 612. The van der Waals surface area contributed by atoms with E-state index in [2.05, 4.69) is 31.4 Å². The fourth-order valence-corrected chi connectivity index (χ4v) is 1.43. The monoisotopic (exact) mass is 305 g/mol. The fraction of sp³-hybridized carbons (Fsp3) is 0.333. The highest BCUT2D eigenvalue weighted by Crippen LogP contribution is 2.07. The van der Waals surface area contributed by atoms with Gasteiger partial charge in [0.2, 0.25) is 5.91 Å². The Morgan fingerprint density at radius 3 is 2.77 bits per heavy atom. The van der Waals surface area contributed by atoms with Crippen molar-refractivity contribution in [2.24, 2.45) is 0 Å². The maximum atomic E-state index is 11.5. The number of aryl methyl sites for hydroxylation is 2. The largest absolute Gasteiger partial charge is 0.482 e. The number of pyridine rings is 1. The van der Waals surface area contributed by atoms with Crippen molar-refractivity contribution >= 4 is 11.8 Å². The molecule has 0 fully saturated rings. The Morgan fingerprint density at radius 1 is 1.27 bits per heavy atom. The summed E-state index contributed by atoms with van der Waals surface area (Å²) in [4.78, 5) is 27.0. The van der Waals surface area contributed by atoms with Gasteiger partial charge in [0, 0.05) is 12.1 Å². The highest BCUT2D eigenvalue weighted by Gasteiger charge is 2.06. The molecule has 2 aromatic rings. The highest BCUT2D eigenvalue weighted by molar-refractivity contribution is 5.82. The number of carbonyl (C=O) groups excluding carboxylic acids is 2. The maximum Gasteiger partial charge on any atom is 0.276 e. The summed E-state index contributed by atoms with van der Waals surface area (Å²) in [7, 11) is 0. The van der Waals surface area contributed by atoms with Crippen LogP contribution in [-0.4, -0.2) is 43.6 Å². The number of carbonyl (C=O) groups is 2. The lowest BCUT2D eigenvalue weighted by Crippen LogP contribution is -2.44. The Labute approximate surface area is 125 Å². The Hall–Kier alpha value is -3.04. The van der Waals surface area contributed by atoms with Crippen LogP contribution < -0.4 is 15.6 Å². The molecule has 0 aliphatic heterocycles. The van der Waals surface area contributed by atoms with Crippen LogP contribution in [0.3, 0.4) is 0 Å². The Balaban J connectivity index is 1.62. The van der Waals surface area contributed by atoms with Crippen LogP contribution in [0.5, 0.6) is 5.75 Å². The highest BCUT2D eigenvalue weighted by atomic mass is 16.5. The molecule has 22 heavy (non-hydrogen) atoms. The number of nitrogens with one attached hydrogen (secondary N) is 2. The van der Waals surface area contributed by atoms with E-state index < -0.39 is 5.91 Å². The zero-order valence-corrected chi connectivity index (χ0v) is 11.9. The Morgan fingerprint density at radius 2 is 2.09 bits per heavy atom. The van der Waals surface area contributed by atoms with Crippen molar-refractivity contribution in [2.45, 2.75) is 19.9 Å². The molecule has 0 bridgehead atoms. The van der Waals surface area contributed by atoms with E-state index in [1.165, 1.54) is 17.2 Å². The van der Waals surface area contributed by atoms with Crippen LogP contribution in [0.2, 0.25) is 0 Å². The summed E-state index contributed by atoms with van der Waals surface area (Å²) < 4.78 is 6.63. The lowest BCUT2D eigenvalue weighted by atomic mass is 10.4. The Kier molecular flexibility index (Phi) is 5.35. The first-order chi connectivity index (χ1) is 10.6. The summed E-state index contributed by atoms with van der Waals surface area (Å²) >= 11 is 0. The third kappa shape index (κ3) is 5.15. The number of amides is 2. The van der Waals surface area contributed by atoms with Crippen LogP contribution in [0.4, 0.5) is 0 Å². The van der Waals surface area contributed by atoms with Gasteiger partial charge in [0.15, 0.2) is 6.61 Å². The predicted octanol–water partition coefficient (Wildman–Crippen LogP) is -1.01. The SMILES string of the molecule is Cc1ccc(OCC(=O)NNC(=O)CCn2cnnn2)cn1. The molecule has 2 amide bonds. The lowest BCUT2D eigenvalue weighted by Gasteiger charge is -2.08. The van der Waals surface area contributed by atoms with E-state index in [4.69, 9.17) is 4.74 Å². The molecule has 0 radical (unpaired) electrons. The van der Waals surface area contributed by atoms with Crippen molar-refractivity contribution in [1.82, 2.24) is 36.0 Å². The van der Waals surface area contributed by atoms with Crippen LogP contribution in [0.15, 0.2) is 24.7 Å². The summed E-state index contributed by atoms with van der Waals surface area (Å²) in [6.07, 6.45) is 3.05. The molecule has 0 spiro atoms. The predicted molar refractivity (Wildman–Crippen MR) is 73.2 cm³/mol. The van der Waals surface area contributed by atoms with E-state index in [0.29, 0.717) is 12.3 Å². The second-order valence-corrected chi connectivity index (χ2v) is 4.34. The van der Waals surface area contributed by atoms with Crippen LogP contribution >= 0.6 is 0 Å². The summed E-state index contributed by atoms with van der Waals surface area (Å²) in [6, 6.07) is 3.48. The molecule has 0 saturated carbocycles. The summed E-state index contributed by atoms with van der Waals surface area (Å²) in [6.45, 7) is 1.94. The van der Waals surface area contributed by atoms with Crippen molar-refractivity contribution in [3.05, 3.63) is 30.4 Å². The first kappa shape index (κ1) is 15.4.